The summed E-state index contributed by atoms with van der Waals surface area (Å²) in [6.07, 6.45) is 0. The zero-order valence-electron chi connectivity index (χ0n) is 11.6. The van der Waals surface area contributed by atoms with Crippen LogP contribution in [0.3, 0.4) is 0 Å². The number of methoxy groups -OCH3 is 2. The normalized spacial score (nSPS) is 10.1. The van der Waals surface area contributed by atoms with E-state index in [-0.39, 0.29) is 0 Å². The van der Waals surface area contributed by atoms with Gasteiger partial charge in [-0.05, 0) is 49.9 Å². The lowest BCUT2D eigenvalue weighted by atomic mass is 9.89. The minimum atomic E-state index is -0.432. The molecule has 0 bridgehead atoms. The van der Waals surface area contributed by atoms with E-state index in [0.717, 1.165) is 16.7 Å². The van der Waals surface area contributed by atoms with E-state index in [9.17, 15) is 9.59 Å². The van der Waals surface area contributed by atoms with E-state index < -0.39 is 11.9 Å². The Balaban J connectivity index is 3.70. The van der Waals surface area contributed by atoms with Crippen molar-refractivity contribution in [1.82, 2.24) is 0 Å². The number of ether oxygens (including phenoxy) is 2. The molecule has 0 aliphatic heterocycles. The van der Waals surface area contributed by atoms with Crippen molar-refractivity contribution in [2.75, 3.05) is 14.2 Å². The Morgan fingerprint density at radius 2 is 1.00 bits per heavy atom. The van der Waals surface area contributed by atoms with Gasteiger partial charge in [0.2, 0.25) is 0 Å². The standard InChI is InChI=1S/C14H18O4/c1-7-8(2)11(13(15)17-5)10(4)12(9(7)3)14(16)18-6/h1-6H3. The predicted molar refractivity (Wildman–Crippen MR) is 68.1 cm³/mol. The molecule has 4 nitrogen and oxygen atoms in total. The lowest BCUT2D eigenvalue weighted by Crippen LogP contribution is -2.16. The molecule has 0 aromatic heterocycles. The predicted octanol–water partition coefficient (Wildman–Crippen LogP) is 2.49. The minimum Gasteiger partial charge on any atom is -0.465 e. The molecule has 0 saturated heterocycles. The summed E-state index contributed by atoms with van der Waals surface area (Å²) in [6.45, 7) is 7.31. The van der Waals surface area contributed by atoms with E-state index in [1.807, 2.05) is 20.8 Å². The van der Waals surface area contributed by atoms with Crippen molar-refractivity contribution in [2.45, 2.75) is 27.7 Å². The second kappa shape index (κ2) is 5.21. The quantitative estimate of drug-likeness (QED) is 0.757. The fourth-order valence-electron chi connectivity index (χ4n) is 2.16. The fraction of sp³-hybridized carbons (Fsp3) is 0.429. The molecule has 1 rings (SSSR count). The van der Waals surface area contributed by atoms with Gasteiger partial charge in [0.15, 0.2) is 0 Å². The molecule has 1 aromatic carbocycles. The van der Waals surface area contributed by atoms with Crippen LogP contribution in [0.25, 0.3) is 0 Å². The first-order valence-electron chi connectivity index (χ1n) is 5.63. The summed E-state index contributed by atoms with van der Waals surface area (Å²) in [6, 6.07) is 0. The number of carbonyl (C=O) groups excluding carboxylic acids is 2. The monoisotopic (exact) mass is 250 g/mol. The average Bonchev–Trinajstić information content (AvgIpc) is 2.35. The van der Waals surface area contributed by atoms with Crippen molar-refractivity contribution in [3.63, 3.8) is 0 Å². The molecule has 1 aromatic rings. The van der Waals surface area contributed by atoms with Crippen LogP contribution in [0.1, 0.15) is 43.0 Å². The maximum atomic E-state index is 11.8. The molecule has 0 fully saturated rings. The van der Waals surface area contributed by atoms with Gasteiger partial charge < -0.3 is 9.47 Å². The van der Waals surface area contributed by atoms with Crippen molar-refractivity contribution >= 4 is 11.9 Å². The highest BCUT2D eigenvalue weighted by Gasteiger charge is 2.24. The second-order valence-corrected chi connectivity index (χ2v) is 4.23. The Bertz CT molecular complexity index is 472. The summed E-state index contributed by atoms with van der Waals surface area (Å²) in [5.41, 5.74) is 4.08. The number of carbonyl (C=O) groups is 2. The average molecular weight is 250 g/mol. The van der Waals surface area contributed by atoms with Crippen LogP contribution < -0.4 is 0 Å². The molecule has 4 heteroatoms. The van der Waals surface area contributed by atoms with Crippen LogP contribution in [0.4, 0.5) is 0 Å². The van der Waals surface area contributed by atoms with Gasteiger partial charge in [-0.1, -0.05) is 0 Å². The molecule has 0 aliphatic rings. The summed E-state index contributed by atoms with van der Waals surface area (Å²) in [5, 5.41) is 0. The molecule has 0 unspecified atom stereocenters. The molecule has 0 spiro atoms. The van der Waals surface area contributed by atoms with Crippen LogP contribution in [0, 0.1) is 27.7 Å². The Morgan fingerprint density at radius 1 is 0.667 bits per heavy atom. The highest BCUT2D eigenvalue weighted by molar-refractivity contribution is 6.00. The van der Waals surface area contributed by atoms with Gasteiger partial charge >= 0.3 is 11.9 Å². The molecule has 0 saturated carbocycles. The summed E-state index contributed by atoms with van der Waals surface area (Å²) in [4.78, 5) is 23.6. The van der Waals surface area contributed by atoms with E-state index in [2.05, 4.69) is 0 Å². The molecule has 0 aliphatic carbocycles. The first kappa shape index (κ1) is 14.2. The van der Waals surface area contributed by atoms with Crippen LogP contribution in [-0.4, -0.2) is 26.2 Å². The first-order chi connectivity index (χ1) is 8.36. The summed E-state index contributed by atoms with van der Waals surface area (Å²) >= 11 is 0. The van der Waals surface area contributed by atoms with Crippen LogP contribution in [0.2, 0.25) is 0 Å². The molecule has 0 atom stereocenters. The zero-order valence-corrected chi connectivity index (χ0v) is 11.6. The van der Waals surface area contributed by atoms with E-state index in [0.29, 0.717) is 16.7 Å². The Labute approximate surface area is 107 Å². The maximum absolute atomic E-state index is 11.8. The van der Waals surface area contributed by atoms with Gasteiger partial charge in [0, 0.05) is 0 Å². The van der Waals surface area contributed by atoms with Crippen molar-refractivity contribution in [3.8, 4) is 0 Å². The third-order valence-electron chi connectivity index (χ3n) is 3.40. The van der Waals surface area contributed by atoms with Crippen molar-refractivity contribution in [1.29, 1.82) is 0 Å². The Kier molecular flexibility index (Phi) is 4.11. The van der Waals surface area contributed by atoms with Gasteiger partial charge in [-0.25, -0.2) is 9.59 Å². The minimum absolute atomic E-state index is 0.432. The van der Waals surface area contributed by atoms with Crippen LogP contribution in [0.15, 0.2) is 0 Å². The Hall–Kier alpha value is -1.84. The van der Waals surface area contributed by atoms with Gasteiger partial charge in [0.1, 0.15) is 0 Å². The molecule has 0 heterocycles. The van der Waals surface area contributed by atoms with Gasteiger partial charge in [-0.2, -0.15) is 0 Å². The van der Waals surface area contributed by atoms with Crippen molar-refractivity contribution in [2.24, 2.45) is 0 Å². The van der Waals surface area contributed by atoms with E-state index in [1.54, 1.807) is 6.92 Å². The Morgan fingerprint density at radius 3 is 1.28 bits per heavy atom. The summed E-state index contributed by atoms with van der Waals surface area (Å²) < 4.78 is 9.54. The van der Waals surface area contributed by atoms with E-state index in [1.165, 1.54) is 14.2 Å². The number of hydrogen-bond donors (Lipinski definition) is 0. The number of rotatable bonds is 2. The molecular weight excluding hydrogens is 232 g/mol. The van der Waals surface area contributed by atoms with Gasteiger partial charge in [0.05, 0.1) is 25.3 Å². The van der Waals surface area contributed by atoms with Gasteiger partial charge in [-0.15, -0.1) is 0 Å². The lowest BCUT2D eigenvalue weighted by molar-refractivity contribution is 0.0596. The maximum Gasteiger partial charge on any atom is 0.338 e. The molecule has 98 valence electrons. The highest BCUT2D eigenvalue weighted by atomic mass is 16.5. The molecular formula is C14H18O4. The summed E-state index contributed by atoms with van der Waals surface area (Å²) in [5.74, 6) is -0.864. The van der Waals surface area contributed by atoms with E-state index >= 15 is 0 Å². The fourth-order valence-corrected chi connectivity index (χ4v) is 2.16. The SMILES string of the molecule is COC(=O)c1c(C)c(C)c(C)c(C(=O)OC)c1C. The molecule has 0 amide bonds. The molecule has 18 heavy (non-hydrogen) atoms. The number of hydrogen-bond acceptors (Lipinski definition) is 4. The van der Waals surface area contributed by atoms with Crippen LogP contribution in [-0.2, 0) is 9.47 Å². The smallest absolute Gasteiger partial charge is 0.338 e. The van der Waals surface area contributed by atoms with Gasteiger partial charge in [-0.3, -0.25) is 0 Å². The lowest BCUT2D eigenvalue weighted by Gasteiger charge is -2.17. The first-order valence-corrected chi connectivity index (χ1v) is 5.63. The molecule has 0 radical (unpaired) electrons. The number of esters is 2. The molecule has 0 N–H and O–H groups in total. The largest absolute Gasteiger partial charge is 0.465 e. The highest BCUT2D eigenvalue weighted by Crippen LogP contribution is 2.27. The van der Waals surface area contributed by atoms with Crippen LogP contribution >= 0.6 is 0 Å². The third-order valence-corrected chi connectivity index (χ3v) is 3.40. The zero-order chi connectivity index (χ0) is 14.0. The van der Waals surface area contributed by atoms with Gasteiger partial charge in [0.25, 0.3) is 0 Å². The summed E-state index contributed by atoms with van der Waals surface area (Å²) in [7, 11) is 2.66. The van der Waals surface area contributed by atoms with Crippen LogP contribution in [0.5, 0.6) is 0 Å². The van der Waals surface area contributed by atoms with E-state index in [4.69, 9.17) is 9.47 Å². The third kappa shape index (κ3) is 2.10. The second-order valence-electron chi connectivity index (χ2n) is 4.23. The van der Waals surface area contributed by atoms with Crippen molar-refractivity contribution < 1.29 is 19.1 Å². The van der Waals surface area contributed by atoms with Crippen molar-refractivity contribution in [3.05, 3.63) is 33.4 Å². The topological polar surface area (TPSA) is 52.6 Å². The number of benzene rings is 1.